The van der Waals surface area contributed by atoms with E-state index < -0.39 is 0 Å². The van der Waals surface area contributed by atoms with Crippen molar-refractivity contribution in [1.29, 1.82) is 0 Å². The van der Waals surface area contributed by atoms with Gasteiger partial charge in [-0.15, -0.1) is 0 Å². The van der Waals surface area contributed by atoms with Gasteiger partial charge in [0.25, 0.3) is 0 Å². The third-order valence-electron chi connectivity index (χ3n) is 6.30. The molecule has 0 aliphatic carbocycles. The van der Waals surface area contributed by atoms with Gasteiger partial charge >= 0.3 is 0 Å². The highest BCUT2D eigenvalue weighted by Gasteiger charge is 2.26. The fourth-order valence-electron chi connectivity index (χ4n) is 5.11. The number of Topliss-reactive ketones (excluding diaryl/α,β-unsaturated/α-hetero) is 1. The summed E-state index contributed by atoms with van der Waals surface area (Å²) in [6.07, 6.45) is 1.25. The molecule has 1 saturated heterocycles. The lowest BCUT2D eigenvalue weighted by atomic mass is 9.91. The van der Waals surface area contributed by atoms with E-state index in [2.05, 4.69) is 60.6 Å². The molecular weight excluding hydrogens is 372 g/mol. The van der Waals surface area contributed by atoms with Crippen LogP contribution in [-0.4, -0.2) is 42.0 Å². The maximum absolute atomic E-state index is 13.5. The van der Waals surface area contributed by atoms with Crippen LogP contribution < -0.4 is 4.74 Å². The van der Waals surface area contributed by atoms with Gasteiger partial charge in [-0.3, -0.25) is 9.69 Å². The van der Waals surface area contributed by atoms with Gasteiger partial charge in [-0.2, -0.15) is 0 Å². The van der Waals surface area contributed by atoms with Gasteiger partial charge in [-0.1, -0.05) is 44.2 Å². The van der Waals surface area contributed by atoms with Crippen molar-refractivity contribution in [2.45, 2.75) is 33.7 Å². The number of hydrogen-bond acceptors (Lipinski definition) is 3. The minimum absolute atomic E-state index is 0.207. The molecule has 1 aliphatic heterocycles. The first-order valence-electron chi connectivity index (χ1n) is 10.9. The molecule has 0 bridgehead atoms. The largest absolute Gasteiger partial charge is 0.497 e. The molecule has 4 heteroatoms. The smallest absolute Gasteiger partial charge is 0.179 e. The third kappa shape index (κ3) is 4.15. The molecule has 0 N–H and O–H groups in total. The predicted molar refractivity (Wildman–Crippen MR) is 122 cm³/mol. The fraction of sp³-hybridized carbons (Fsp3) is 0.423. The molecule has 0 saturated carbocycles. The van der Waals surface area contributed by atoms with Gasteiger partial charge in [-0.25, -0.2) is 0 Å². The highest BCUT2D eigenvalue weighted by Crippen LogP contribution is 2.31. The number of aromatic nitrogens is 1. The Morgan fingerprint density at radius 3 is 2.43 bits per heavy atom. The molecular formula is C26H32N2O2. The number of methoxy groups -OCH3 is 1. The zero-order valence-corrected chi connectivity index (χ0v) is 18.5. The monoisotopic (exact) mass is 404 g/mol. The molecule has 2 heterocycles. The van der Waals surface area contributed by atoms with E-state index in [9.17, 15) is 4.79 Å². The minimum Gasteiger partial charge on any atom is -0.497 e. The lowest BCUT2D eigenvalue weighted by Crippen LogP contribution is -2.41. The Morgan fingerprint density at radius 2 is 1.77 bits per heavy atom. The van der Waals surface area contributed by atoms with E-state index in [0.29, 0.717) is 18.4 Å². The van der Waals surface area contributed by atoms with E-state index >= 15 is 0 Å². The Kier molecular flexibility index (Phi) is 5.96. The molecule has 4 rings (SSSR count). The molecule has 0 radical (unpaired) electrons. The lowest BCUT2D eigenvalue weighted by Gasteiger charge is -2.34. The SMILES string of the molecule is COc1ccc2c(c1)c(C(=O)CN1C[C@H](C)C[C@H](C)C1)c(C)n2Cc1ccccc1. The van der Waals surface area contributed by atoms with E-state index in [4.69, 9.17) is 4.74 Å². The maximum atomic E-state index is 13.5. The molecule has 0 unspecified atom stereocenters. The van der Waals surface area contributed by atoms with Crippen molar-refractivity contribution in [3.8, 4) is 5.75 Å². The molecule has 1 aliphatic rings. The van der Waals surface area contributed by atoms with Crippen molar-refractivity contribution >= 4 is 16.7 Å². The zero-order valence-electron chi connectivity index (χ0n) is 18.5. The van der Waals surface area contributed by atoms with Crippen LogP contribution in [0.15, 0.2) is 48.5 Å². The number of ketones is 1. The Morgan fingerprint density at radius 1 is 1.07 bits per heavy atom. The van der Waals surface area contributed by atoms with E-state index in [1.165, 1.54) is 12.0 Å². The number of piperidine rings is 1. The molecule has 2 atom stereocenters. The number of benzene rings is 2. The number of nitrogens with zero attached hydrogens (tertiary/aromatic N) is 2. The average molecular weight is 405 g/mol. The van der Waals surface area contributed by atoms with Crippen LogP contribution in [0.3, 0.4) is 0 Å². The van der Waals surface area contributed by atoms with Gasteiger partial charge in [0.1, 0.15) is 5.75 Å². The van der Waals surface area contributed by atoms with Gasteiger partial charge in [0, 0.05) is 41.8 Å². The number of hydrogen-bond donors (Lipinski definition) is 0. The average Bonchev–Trinajstić information content (AvgIpc) is 2.98. The molecule has 2 aromatic carbocycles. The second kappa shape index (κ2) is 8.65. The van der Waals surface area contributed by atoms with Gasteiger partial charge < -0.3 is 9.30 Å². The Hall–Kier alpha value is -2.59. The Bertz CT molecular complexity index is 1030. The Balaban J connectivity index is 1.72. The van der Waals surface area contributed by atoms with Crippen LogP contribution in [0.1, 0.15) is 41.9 Å². The molecule has 0 amide bonds. The van der Waals surface area contributed by atoms with Crippen LogP contribution in [-0.2, 0) is 6.54 Å². The van der Waals surface area contributed by atoms with Crippen molar-refractivity contribution in [2.75, 3.05) is 26.7 Å². The predicted octanol–water partition coefficient (Wildman–Crippen LogP) is 5.17. The summed E-state index contributed by atoms with van der Waals surface area (Å²) in [5, 5.41) is 0.992. The third-order valence-corrected chi connectivity index (χ3v) is 6.30. The van der Waals surface area contributed by atoms with E-state index in [0.717, 1.165) is 47.5 Å². The van der Waals surface area contributed by atoms with Gasteiger partial charge in [0.2, 0.25) is 0 Å². The topological polar surface area (TPSA) is 34.5 Å². The van der Waals surface area contributed by atoms with Crippen LogP contribution in [0.2, 0.25) is 0 Å². The second-order valence-electron chi connectivity index (χ2n) is 8.98. The van der Waals surface area contributed by atoms with Crippen LogP contribution in [0.4, 0.5) is 0 Å². The number of likely N-dealkylation sites (tertiary alicyclic amines) is 1. The standard InChI is InChI=1S/C26H32N2O2/c1-18-12-19(2)15-27(14-18)17-25(29)26-20(3)28(16-21-8-6-5-7-9-21)24-11-10-22(30-4)13-23(24)26/h5-11,13,18-19H,12,14-17H2,1-4H3/t18-,19+. The van der Waals surface area contributed by atoms with Crippen molar-refractivity contribution in [2.24, 2.45) is 11.8 Å². The van der Waals surface area contributed by atoms with Crippen LogP contribution in [0, 0.1) is 18.8 Å². The summed E-state index contributed by atoms with van der Waals surface area (Å²) in [5.41, 5.74) is 4.18. The number of carbonyl (C=O) groups excluding carboxylic acids is 1. The summed E-state index contributed by atoms with van der Waals surface area (Å²) in [6, 6.07) is 16.5. The van der Waals surface area contributed by atoms with Crippen LogP contribution >= 0.6 is 0 Å². The Labute approximate surface area is 179 Å². The van der Waals surface area contributed by atoms with Crippen molar-refractivity contribution in [1.82, 2.24) is 9.47 Å². The molecule has 1 aromatic heterocycles. The first-order valence-corrected chi connectivity index (χ1v) is 10.9. The molecule has 158 valence electrons. The number of fused-ring (bicyclic) bond motifs is 1. The second-order valence-corrected chi connectivity index (χ2v) is 8.98. The van der Waals surface area contributed by atoms with Gasteiger partial charge in [-0.05, 0) is 48.9 Å². The first kappa shape index (κ1) is 20.7. The number of rotatable bonds is 6. The first-order chi connectivity index (χ1) is 14.5. The molecule has 1 fully saturated rings. The van der Waals surface area contributed by atoms with Crippen LogP contribution in [0.5, 0.6) is 5.75 Å². The summed E-state index contributed by atoms with van der Waals surface area (Å²) in [6.45, 7) is 9.88. The summed E-state index contributed by atoms with van der Waals surface area (Å²) < 4.78 is 7.73. The van der Waals surface area contributed by atoms with E-state index in [1.807, 2.05) is 18.2 Å². The fourth-order valence-corrected chi connectivity index (χ4v) is 5.11. The molecule has 30 heavy (non-hydrogen) atoms. The van der Waals surface area contributed by atoms with Crippen molar-refractivity contribution in [3.05, 3.63) is 65.4 Å². The molecule has 3 aromatic rings. The van der Waals surface area contributed by atoms with E-state index in [-0.39, 0.29) is 5.78 Å². The molecule has 0 spiro atoms. The van der Waals surface area contributed by atoms with Gasteiger partial charge in [0.05, 0.1) is 13.7 Å². The normalized spacial score (nSPS) is 19.9. The summed E-state index contributed by atoms with van der Waals surface area (Å²) >= 11 is 0. The van der Waals surface area contributed by atoms with Crippen LogP contribution in [0.25, 0.3) is 10.9 Å². The lowest BCUT2D eigenvalue weighted by molar-refractivity contribution is 0.0850. The maximum Gasteiger partial charge on any atom is 0.179 e. The minimum atomic E-state index is 0.207. The highest BCUT2D eigenvalue weighted by molar-refractivity contribution is 6.10. The molecule has 4 nitrogen and oxygen atoms in total. The quantitative estimate of drug-likeness (QED) is 0.532. The summed E-state index contributed by atoms with van der Waals surface area (Å²) in [5.74, 6) is 2.27. The highest BCUT2D eigenvalue weighted by atomic mass is 16.5. The van der Waals surface area contributed by atoms with E-state index in [1.54, 1.807) is 7.11 Å². The van der Waals surface area contributed by atoms with Crippen molar-refractivity contribution in [3.63, 3.8) is 0 Å². The van der Waals surface area contributed by atoms with Gasteiger partial charge in [0.15, 0.2) is 5.78 Å². The zero-order chi connectivity index (χ0) is 21.3. The summed E-state index contributed by atoms with van der Waals surface area (Å²) in [7, 11) is 1.67. The number of carbonyl (C=O) groups is 1. The summed E-state index contributed by atoms with van der Waals surface area (Å²) in [4.78, 5) is 15.9. The van der Waals surface area contributed by atoms with Crippen molar-refractivity contribution < 1.29 is 9.53 Å². The number of ether oxygens (including phenoxy) is 1.